The van der Waals surface area contributed by atoms with Gasteiger partial charge in [-0.25, -0.2) is 0 Å². The molecule has 1 aromatic heterocycles. The number of hydrogen-bond acceptors (Lipinski definition) is 5. The molecular formula is C13H13N5O2. The first kappa shape index (κ1) is 13.5. The normalized spacial score (nSPS) is 10.0. The van der Waals surface area contributed by atoms with E-state index >= 15 is 0 Å². The molecule has 2 aromatic rings. The van der Waals surface area contributed by atoms with Crippen molar-refractivity contribution in [2.45, 2.75) is 6.42 Å². The molecule has 0 aliphatic carbocycles. The van der Waals surface area contributed by atoms with Crippen LogP contribution < -0.4 is 4.90 Å². The average molecular weight is 271 g/mol. The summed E-state index contributed by atoms with van der Waals surface area (Å²) in [6.07, 6.45) is 1.61. The summed E-state index contributed by atoms with van der Waals surface area (Å²) in [5.74, 6) is 0.249. The quantitative estimate of drug-likeness (QED) is 0.615. The van der Waals surface area contributed by atoms with Crippen molar-refractivity contribution in [1.29, 1.82) is 5.26 Å². The third-order valence-electron chi connectivity index (χ3n) is 2.76. The van der Waals surface area contributed by atoms with Gasteiger partial charge in [-0.15, -0.1) is 5.10 Å². The minimum absolute atomic E-state index is 0.0747. The number of nitro groups is 1. The van der Waals surface area contributed by atoms with Gasteiger partial charge in [0, 0.05) is 19.3 Å². The third-order valence-corrected chi connectivity index (χ3v) is 2.76. The van der Waals surface area contributed by atoms with Crippen LogP contribution in [0.5, 0.6) is 0 Å². The molecule has 0 aliphatic heterocycles. The number of aryl methyl sites for hydroxylation is 1. The molecule has 0 bridgehead atoms. The summed E-state index contributed by atoms with van der Waals surface area (Å²) < 4.78 is 1.40. The Morgan fingerprint density at radius 2 is 2.15 bits per heavy atom. The second-order valence-corrected chi connectivity index (χ2v) is 4.16. The monoisotopic (exact) mass is 271 g/mol. The molecule has 0 radical (unpaired) electrons. The standard InChI is InChI=1S/C13H13N5O2/c1-16-10-12(18(19)20)13(15-16)17(9-5-8-14)11-6-3-2-4-7-11/h2-4,6-7,10H,5,9H2,1H3. The predicted octanol–water partition coefficient (Wildman–Crippen LogP) is 2.38. The zero-order valence-electron chi connectivity index (χ0n) is 10.9. The van der Waals surface area contributed by atoms with Crippen molar-refractivity contribution >= 4 is 17.2 Å². The highest BCUT2D eigenvalue weighted by Crippen LogP contribution is 2.31. The molecule has 102 valence electrons. The molecule has 0 spiro atoms. The summed E-state index contributed by atoms with van der Waals surface area (Å²) >= 11 is 0. The topological polar surface area (TPSA) is 88.0 Å². The Kier molecular flexibility index (Phi) is 3.96. The van der Waals surface area contributed by atoms with E-state index in [0.717, 1.165) is 5.69 Å². The molecule has 20 heavy (non-hydrogen) atoms. The van der Waals surface area contributed by atoms with Crippen molar-refractivity contribution < 1.29 is 4.92 Å². The maximum absolute atomic E-state index is 11.1. The van der Waals surface area contributed by atoms with Gasteiger partial charge < -0.3 is 4.90 Å². The number of anilines is 2. The lowest BCUT2D eigenvalue weighted by Crippen LogP contribution is -2.19. The minimum Gasteiger partial charge on any atom is -0.318 e. The van der Waals surface area contributed by atoms with E-state index in [9.17, 15) is 10.1 Å². The van der Waals surface area contributed by atoms with Crippen LogP contribution in [0.4, 0.5) is 17.2 Å². The summed E-state index contributed by atoms with van der Waals surface area (Å²) in [5, 5.41) is 24.0. The molecule has 1 heterocycles. The predicted molar refractivity (Wildman–Crippen MR) is 73.5 cm³/mol. The fourth-order valence-electron chi connectivity index (χ4n) is 1.91. The Bertz CT molecular complexity index is 645. The highest BCUT2D eigenvalue weighted by atomic mass is 16.6. The molecule has 0 aliphatic rings. The van der Waals surface area contributed by atoms with E-state index in [1.807, 2.05) is 36.4 Å². The van der Waals surface area contributed by atoms with Crippen LogP contribution >= 0.6 is 0 Å². The Morgan fingerprint density at radius 1 is 1.45 bits per heavy atom. The highest BCUT2D eigenvalue weighted by Gasteiger charge is 2.24. The van der Waals surface area contributed by atoms with Gasteiger partial charge in [-0.05, 0) is 12.1 Å². The number of hydrogen-bond donors (Lipinski definition) is 0. The third kappa shape index (κ3) is 2.75. The number of para-hydroxylation sites is 1. The fraction of sp³-hybridized carbons (Fsp3) is 0.231. The van der Waals surface area contributed by atoms with Crippen molar-refractivity contribution in [3.8, 4) is 6.07 Å². The van der Waals surface area contributed by atoms with Gasteiger partial charge in [0.25, 0.3) is 0 Å². The fourth-order valence-corrected chi connectivity index (χ4v) is 1.91. The number of nitriles is 1. The molecule has 0 saturated carbocycles. The van der Waals surface area contributed by atoms with Gasteiger partial charge in [-0.3, -0.25) is 14.8 Å². The van der Waals surface area contributed by atoms with Crippen molar-refractivity contribution in [3.63, 3.8) is 0 Å². The SMILES string of the molecule is Cn1cc([N+](=O)[O-])c(N(CCC#N)c2ccccc2)n1. The first-order valence-corrected chi connectivity index (χ1v) is 6.01. The maximum atomic E-state index is 11.1. The number of benzene rings is 1. The van der Waals surface area contributed by atoms with Gasteiger partial charge in [0.1, 0.15) is 6.20 Å². The van der Waals surface area contributed by atoms with Crippen LogP contribution in [0.1, 0.15) is 6.42 Å². The molecule has 0 fully saturated rings. The first-order chi connectivity index (χ1) is 9.63. The Morgan fingerprint density at radius 3 is 2.75 bits per heavy atom. The Labute approximate surface area is 115 Å². The molecular weight excluding hydrogens is 258 g/mol. The van der Waals surface area contributed by atoms with E-state index in [0.29, 0.717) is 6.54 Å². The van der Waals surface area contributed by atoms with E-state index in [1.165, 1.54) is 10.9 Å². The van der Waals surface area contributed by atoms with E-state index in [2.05, 4.69) is 5.10 Å². The lowest BCUT2D eigenvalue weighted by Gasteiger charge is -2.20. The van der Waals surface area contributed by atoms with Crippen LogP contribution in [-0.2, 0) is 7.05 Å². The smallest absolute Gasteiger partial charge is 0.318 e. The number of rotatable bonds is 5. The minimum atomic E-state index is -0.468. The average Bonchev–Trinajstić information content (AvgIpc) is 2.83. The molecule has 0 N–H and O–H groups in total. The number of aromatic nitrogens is 2. The molecule has 7 heteroatoms. The summed E-state index contributed by atoms with van der Waals surface area (Å²) in [7, 11) is 1.63. The molecule has 0 unspecified atom stereocenters. The van der Waals surface area contributed by atoms with Crippen molar-refractivity contribution in [2.75, 3.05) is 11.4 Å². The van der Waals surface area contributed by atoms with Gasteiger partial charge in [-0.2, -0.15) is 5.26 Å². The second kappa shape index (κ2) is 5.84. The first-order valence-electron chi connectivity index (χ1n) is 6.01. The van der Waals surface area contributed by atoms with Crippen molar-refractivity contribution in [1.82, 2.24) is 9.78 Å². The van der Waals surface area contributed by atoms with E-state index in [1.54, 1.807) is 11.9 Å². The lowest BCUT2D eigenvalue weighted by molar-refractivity contribution is -0.384. The molecule has 0 atom stereocenters. The Hall–Kier alpha value is -2.88. The zero-order chi connectivity index (χ0) is 14.5. The molecule has 2 rings (SSSR count). The van der Waals surface area contributed by atoms with Crippen LogP contribution in [-0.4, -0.2) is 21.2 Å². The van der Waals surface area contributed by atoms with Crippen LogP contribution in [0.2, 0.25) is 0 Å². The Balaban J connectivity index is 2.47. The van der Waals surface area contributed by atoms with E-state index < -0.39 is 4.92 Å². The summed E-state index contributed by atoms with van der Waals surface area (Å²) in [4.78, 5) is 12.3. The van der Waals surface area contributed by atoms with Gasteiger partial charge in [0.2, 0.25) is 5.82 Å². The molecule has 0 amide bonds. The summed E-state index contributed by atoms with van der Waals surface area (Å²) in [5.41, 5.74) is 0.693. The zero-order valence-corrected chi connectivity index (χ0v) is 10.9. The van der Waals surface area contributed by atoms with Crippen LogP contribution in [0.25, 0.3) is 0 Å². The molecule has 0 saturated heterocycles. The molecule has 1 aromatic carbocycles. The lowest BCUT2D eigenvalue weighted by atomic mass is 10.2. The van der Waals surface area contributed by atoms with Crippen LogP contribution in [0, 0.1) is 21.4 Å². The maximum Gasteiger partial charge on any atom is 0.331 e. The largest absolute Gasteiger partial charge is 0.331 e. The van der Waals surface area contributed by atoms with Crippen molar-refractivity contribution in [3.05, 3.63) is 46.6 Å². The number of nitrogens with zero attached hydrogens (tertiary/aromatic N) is 5. The second-order valence-electron chi connectivity index (χ2n) is 4.16. The van der Waals surface area contributed by atoms with Crippen LogP contribution in [0.15, 0.2) is 36.5 Å². The van der Waals surface area contributed by atoms with Gasteiger partial charge in [-0.1, -0.05) is 18.2 Å². The highest BCUT2D eigenvalue weighted by molar-refractivity contribution is 5.67. The summed E-state index contributed by atoms with van der Waals surface area (Å²) in [6.45, 7) is 0.346. The van der Waals surface area contributed by atoms with E-state index in [4.69, 9.17) is 5.26 Å². The van der Waals surface area contributed by atoms with Gasteiger partial charge in [0.05, 0.1) is 17.4 Å². The van der Waals surface area contributed by atoms with Gasteiger partial charge in [0.15, 0.2) is 0 Å². The van der Waals surface area contributed by atoms with Crippen molar-refractivity contribution in [2.24, 2.45) is 7.05 Å². The summed E-state index contributed by atoms with van der Waals surface area (Å²) in [6, 6.07) is 11.2. The molecule has 7 nitrogen and oxygen atoms in total. The van der Waals surface area contributed by atoms with E-state index in [-0.39, 0.29) is 17.9 Å². The van der Waals surface area contributed by atoms with Crippen LogP contribution in [0.3, 0.4) is 0 Å². The van der Waals surface area contributed by atoms with Gasteiger partial charge >= 0.3 is 5.69 Å².